The lowest BCUT2D eigenvalue weighted by molar-refractivity contribution is -0.0278. The van der Waals surface area contributed by atoms with Gasteiger partial charge < -0.3 is 15.2 Å². The van der Waals surface area contributed by atoms with Gasteiger partial charge in [0, 0.05) is 13.1 Å². The highest BCUT2D eigenvalue weighted by Gasteiger charge is 2.19. The molecular formula is C15H25NO2S. The Morgan fingerprint density at radius 1 is 1.42 bits per heavy atom. The number of aliphatic hydroxyl groups excluding tert-OH is 1. The van der Waals surface area contributed by atoms with Gasteiger partial charge in [0.2, 0.25) is 0 Å². The van der Waals surface area contributed by atoms with Gasteiger partial charge in [-0.05, 0) is 54.0 Å². The van der Waals surface area contributed by atoms with Gasteiger partial charge in [-0.3, -0.25) is 0 Å². The maximum absolute atomic E-state index is 9.88. The molecule has 1 fully saturated rings. The first-order valence-corrected chi connectivity index (χ1v) is 8.19. The van der Waals surface area contributed by atoms with Gasteiger partial charge in [0.15, 0.2) is 0 Å². The van der Waals surface area contributed by atoms with Gasteiger partial charge in [-0.2, -0.15) is 11.3 Å². The molecule has 1 aliphatic carbocycles. The molecule has 108 valence electrons. The van der Waals surface area contributed by atoms with E-state index in [0.29, 0.717) is 19.3 Å². The molecule has 0 aliphatic heterocycles. The fraction of sp³-hybridized carbons (Fsp3) is 0.733. The van der Waals surface area contributed by atoms with Gasteiger partial charge in [0.05, 0.1) is 18.8 Å². The Morgan fingerprint density at radius 2 is 2.21 bits per heavy atom. The van der Waals surface area contributed by atoms with Crippen LogP contribution in [0.25, 0.3) is 0 Å². The van der Waals surface area contributed by atoms with Crippen molar-refractivity contribution in [3.63, 3.8) is 0 Å². The molecule has 1 atom stereocenters. The largest absolute Gasteiger partial charge is 0.389 e. The lowest BCUT2D eigenvalue weighted by atomic mass is 9.89. The van der Waals surface area contributed by atoms with E-state index < -0.39 is 6.10 Å². The Morgan fingerprint density at radius 3 is 2.89 bits per heavy atom. The summed E-state index contributed by atoms with van der Waals surface area (Å²) in [6.07, 6.45) is 4.78. The minimum atomic E-state index is -0.405. The molecule has 19 heavy (non-hydrogen) atoms. The van der Waals surface area contributed by atoms with Crippen LogP contribution in [0.2, 0.25) is 0 Å². The summed E-state index contributed by atoms with van der Waals surface area (Å²) < 4.78 is 5.79. The SMILES string of the molecule is CC1CCC(OCC(O)CNCc2ccsc2)CC1. The Kier molecular flexibility index (Phi) is 6.31. The van der Waals surface area contributed by atoms with Crippen LogP contribution in [-0.2, 0) is 11.3 Å². The van der Waals surface area contributed by atoms with E-state index in [2.05, 4.69) is 29.1 Å². The van der Waals surface area contributed by atoms with Crippen LogP contribution in [0.3, 0.4) is 0 Å². The Hall–Kier alpha value is -0.420. The molecule has 3 nitrogen and oxygen atoms in total. The van der Waals surface area contributed by atoms with Crippen molar-refractivity contribution in [1.82, 2.24) is 5.32 Å². The molecule has 0 bridgehead atoms. The van der Waals surface area contributed by atoms with E-state index in [-0.39, 0.29) is 0 Å². The van der Waals surface area contributed by atoms with E-state index in [1.165, 1.54) is 18.4 Å². The van der Waals surface area contributed by atoms with Crippen molar-refractivity contribution in [3.05, 3.63) is 22.4 Å². The molecule has 0 aromatic carbocycles. The molecular weight excluding hydrogens is 258 g/mol. The summed E-state index contributed by atoms with van der Waals surface area (Å²) in [6.45, 7) is 4.18. The predicted octanol–water partition coefficient (Wildman–Crippen LogP) is 2.79. The van der Waals surface area contributed by atoms with E-state index >= 15 is 0 Å². The first-order valence-electron chi connectivity index (χ1n) is 7.25. The fourth-order valence-electron chi connectivity index (χ4n) is 2.48. The molecule has 1 aliphatic rings. The third kappa shape index (κ3) is 5.61. The van der Waals surface area contributed by atoms with Crippen molar-refractivity contribution in [3.8, 4) is 0 Å². The van der Waals surface area contributed by atoms with Crippen molar-refractivity contribution in [2.24, 2.45) is 5.92 Å². The van der Waals surface area contributed by atoms with E-state index in [1.807, 2.05) is 0 Å². The lowest BCUT2D eigenvalue weighted by Gasteiger charge is -2.27. The van der Waals surface area contributed by atoms with Crippen LogP contribution < -0.4 is 5.32 Å². The van der Waals surface area contributed by atoms with E-state index in [0.717, 1.165) is 25.3 Å². The summed E-state index contributed by atoms with van der Waals surface area (Å²) in [4.78, 5) is 0. The Balaban J connectivity index is 1.53. The third-order valence-corrected chi connectivity index (χ3v) is 4.51. The van der Waals surface area contributed by atoms with Crippen LogP contribution in [0.4, 0.5) is 0 Å². The highest BCUT2D eigenvalue weighted by Crippen LogP contribution is 2.25. The molecule has 0 amide bonds. The van der Waals surface area contributed by atoms with Crippen LogP contribution in [0, 0.1) is 5.92 Å². The van der Waals surface area contributed by atoms with Gasteiger partial charge in [-0.15, -0.1) is 0 Å². The maximum atomic E-state index is 9.88. The molecule has 1 unspecified atom stereocenters. The zero-order valence-corrected chi connectivity index (χ0v) is 12.5. The molecule has 0 spiro atoms. The molecule has 1 saturated carbocycles. The zero-order valence-electron chi connectivity index (χ0n) is 11.7. The van der Waals surface area contributed by atoms with Crippen LogP contribution in [0.15, 0.2) is 16.8 Å². The van der Waals surface area contributed by atoms with Crippen molar-refractivity contribution in [2.45, 2.75) is 51.4 Å². The second-order valence-corrected chi connectivity index (χ2v) is 6.41. The maximum Gasteiger partial charge on any atom is 0.0897 e. The average Bonchev–Trinajstić information content (AvgIpc) is 2.91. The topological polar surface area (TPSA) is 41.5 Å². The first-order chi connectivity index (χ1) is 9.24. The van der Waals surface area contributed by atoms with Crippen molar-refractivity contribution >= 4 is 11.3 Å². The van der Waals surface area contributed by atoms with Crippen LogP contribution in [-0.4, -0.2) is 30.5 Å². The minimum Gasteiger partial charge on any atom is -0.389 e. The smallest absolute Gasteiger partial charge is 0.0897 e. The first kappa shape index (κ1) is 15.0. The van der Waals surface area contributed by atoms with Crippen LogP contribution in [0.5, 0.6) is 0 Å². The van der Waals surface area contributed by atoms with Gasteiger partial charge in [-0.25, -0.2) is 0 Å². The predicted molar refractivity (Wildman–Crippen MR) is 79.4 cm³/mol. The Labute approximate surface area is 120 Å². The van der Waals surface area contributed by atoms with Crippen molar-refractivity contribution in [1.29, 1.82) is 0 Å². The van der Waals surface area contributed by atoms with Crippen LogP contribution in [0.1, 0.15) is 38.2 Å². The average molecular weight is 283 g/mol. The quantitative estimate of drug-likeness (QED) is 0.808. The standard InChI is InChI=1S/C15H25NO2S/c1-12-2-4-15(5-3-12)18-10-14(17)9-16-8-13-6-7-19-11-13/h6-7,11-12,14-17H,2-5,8-10H2,1H3. The fourth-order valence-corrected chi connectivity index (χ4v) is 3.15. The number of nitrogens with one attached hydrogen (secondary N) is 1. The number of aliphatic hydroxyl groups is 1. The number of ether oxygens (including phenoxy) is 1. The summed E-state index contributed by atoms with van der Waals surface area (Å²) in [7, 11) is 0. The van der Waals surface area contributed by atoms with E-state index in [4.69, 9.17) is 4.74 Å². The lowest BCUT2D eigenvalue weighted by Crippen LogP contribution is -2.32. The normalized spacial score (nSPS) is 25.4. The number of hydrogen-bond acceptors (Lipinski definition) is 4. The highest BCUT2D eigenvalue weighted by molar-refractivity contribution is 7.07. The highest BCUT2D eigenvalue weighted by atomic mass is 32.1. The summed E-state index contributed by atoms with van der Waals surface area (Å²) in [6, 6.07) is 2.10. The molecule has 1 heterocycles. The summed E-state index contributed by atoms with van der Waals surface area (Å²) >= 11 is 1.70. The molecule has 2 rings (SSSR count). The van der Waals surface area contributed by atoms with Gasteiger partial charge in [-0.1, -0.05) is 6.92 Å². The molecule has 0 saturated heterocycles. The number of hydrogen-bond donors (Lipinski definition) is 2. The summed E-state index contributed by atoms with van der Waals surface area (Å²) in [5.41, 5.74) is 1.28. The summed E-state index contributed by atoms with van der Waals surface area (Å²) in [5, 5.41) is 17.3. The van der Waals surface area contributed by atoms with Crippen molar-refractivity contribution < 1.29 is 9.84 Å². The van der Waals surface area contributed by atoms with Gasteiger partial charge in [0.25, 0.3) is 0 Å². The molecule has 2 N–H and O–H groups in total. The minimum absolute atomic E-state index is 0.364. The van der Waals surface area contributed by atoms with E-state index in [9.17, 15) is 5.11 Å². The molecule has 0 radical (unpaired) electrons. The Bertz CT molecular complexity index is 334. The van der Waals surface area contributed by atoms with Gasteiger partial charge in [0.1, 0.15) is 0 Å². The molecule has 4 heteroatoms. The zero-order chi connectivity index (χ0) is 13.5. The molecule has 1 aromatic rings. The van der Waals surface area contributed by atoms with E-state index in [1.54, 1.807) is 11.3 Å². The second kappa shape index (κ2) is 8.00. The molecule has 1 aromatic heterocycles. The van der Waals surface area contributed by atoms with Crippen LogP contribution >= 0.6 is 11.3 Å². The second-order valence-electron chi connectivity index (χ2n) is 5.63. The third-order valence-electron chi connectivity index (χ3n) is 3.78. The monoisotopic (exact) mass is 283 g/mol. The number of thiophene rings is 1. The summed E-state index contributed by atoms with van der Waals surface area (Å²) in [5.74, 6) is 0.844. The van der Waals surface area contributed by atoms with Gasteiger partial charge >= 0.3 is 0 Å². The van der Waals surface area contributed by atoms with Crippen molar-refractivity contribution in [2.75, 3.05) is 13.2 Å². The number of rotatable bonds is 7.